The summed E-state index contributed by atoms with van der Waals surface area (Å²) in [5.41, 5.74) is 1.51. The van der Waals surface area contributed by atoms with Crippen LogP contribution in [0.15, 0.2) is 53.7 Å². The minimum atomic E-state index is -0.307. The van der Waals surface area contributed by atoms with Gasteiger partial charge < -0.3 is 10.1 Å². The highest BCUT2D eigenvalue weighted by Crippen LogP contribution is 2.25. The number of nitrogens with one attached hydrogen (secondary N) is 1. The van der Waals surface area contributed by atoms with E-state index in [1.165, 1.54) is 28.6 Å². The number of tetrazole rings is 1. The molecule has 0 aliphatic heterocycles. The molecule has 0 spiro atoms. The van der Waals surface area contributed by atoms with Crippen LogP contribution in [0.5, 0.6) is 5.75 Å². The van der Waals surface area contributed by atoms with Crippen LogP contribution in [-0.2, 0) is 11.3 Å². The van der Waals surface area contributed by atoms with Gasteiger partial charge in [0.15, 0.2) is 0 Å². The van der Waals surface area contributed by atoms with E-state index in [1.54, 1.807) is 25.3 Å². The van der Waals surface area contributed by atoms with Gasteiger partial charge in [-0.1, -0.05) is 36.0 Å². The molecule has 2 aromatic carbocycles. The predicted molar refractivity (Wildman–Crippen MR) is 94.7 cm³/mol. The number of carbonyl (C=O) groups is 1. The lowest BCUT2D eigenvalue weighted by atomic mass is 10.2. The first kappa shape index (κ1) is 17.9. The lowest BCUT2D eigenvalue weighted by molar-refractivity contribution is -0.118. The Morgan fingerprint density at radius 3 is 2.77 bits per heavy atom. The van der Waals surface area contributed by atoms with Gasteiger partial charge in [-0.15, -0.1) is 5.10 Å². The Labute approximate surface area is 153 Å². The Morgan fingerprint density at radius 2 is 2.00 bits per heavy atom. The number of ether oxygens (including phenoxy) is 1. The number of aromatic nitrogens is 4. The molecule has 0 aliphatic carbocycles. The third-order valence-corrected chi connectivity index (χ3v) is 4.41. The van der Waals surface area contributed by atoms with Crippen molar-refractivity contribution in [1.29, 1.82) is 0 Å². The molecule has 1 aromatic heterocycles. The summed E-state index contributed by atoms with van der Waals surface area (Å²) in [7, 11) is 1.57. The van der Waals surface area contributed by atoms with Crippen LogP contribution in [0.25, 0.3) is 5.69 Å². The van der Waals surface area contributed by atoms with Gasteiger partial charge in [0.1, 0.15) is 17.3 Å². The number of hydrogen-bond acceptors (Lipinski definition) is 6. The van der Waals surface area contributed by atoms with Gasteiger partial charge in [-0.05, 0) is 40.3 Å². The van der Waals surface area contributed by atoms with Gasteiger partial charge in [0.05, 0.1) is 12.9 Å². The van der Waals surface area contributed by atoms with Gasteiger partial charge in [-0.2, -0.15) is 4.68 Å². The summed E-state index contributed by atoms with van der Waals surface area (Å²) < 4.78 is 19.7. The molecule has 9 heteroatoms. The number of methoxy groups -OCH3 is 1. The first-order valence-corrected chi connectivity index (χ1v) is 8.71. The van der Waals surface area contributed by atoms with E-state index in [9.17, 15) is 9.18 Å². The molecule has 0 aliphatic rings. The number of hydrogen-bond donors (Lipinski definition) is 1. The number of rotatable bonds is 7. The fraction of sp³-hybridized carbons (Fsp3) is 0.176. The van der Waals surface area contributed by atoms with E-state index in [0.717, 1.165) is 5.56 Å². The Bertz CT molecular complexity index is 885. The van der Waals surface area contributed by atoms with Crippen molar-refractivity contribution in [1.82, 2.24) is 25.5 Å². The quantitative estimate of drug-likeness (QED) is 0.640. The fourth-order valence-electron chi connectivity index (χ4n) is 2.21. The molecule has 0 saturated heterocycles. The van der Waals surface area contributed by atoms with Crippen LogP contribution in [-0.4, -0.2) is 39.0 Å². The Kier molecular flexibility index (Phi) is 5.80. The van der Waals surface area contributed by atoms with Crippen molar-refractivity contribution in [2.24, 2.45) is 0 Å². The Balaban J connectivity index is 1.59. The summed E-state index contributed by atoms with van der Waals surface area (Å²) in [6, 6.07) is 13.3. The standard InChI is InChI=1S/C17H16FN5O2S/c1-25-15-5-3-2-4-14(15)23-17(20-21-22-23)26-11-16(24)19-10-12-6-8-13(18)9-7-12/h2-9H,10-11H2,1H3,(H,19,24). The molecule has 0 fully saturated rings. The number of nitrogens with zero attached hydrogens (tertiary/aromatic N) is 4. The molecule has 0 atom stereocenters. The summed E-state index contributed by atoms with van der Waals surface area (Å²) in [6.45, 7) is 0.330. The smallest absolute Gasteiger partial charge is 0.230 e. The minimum absolute atomic E-state index is 0.150. The van der Waals surface area contributed by atoms with Gasteiger partial charge in [0.25, 0.3) is 0 Å². The first-order chi connectivity index (χ1) is 12.7. The van der Waals surface area contributed by atoms with E-state index in [4.69, 9.17) is 4.74 Å². The minimum Gasteiger partial charge on any atom is -0.494 e. The lowest BCUT2D eigenvalue weighted by Gasteiger charge is -2.09. The van der Waals surface area contributed by atoms with Crippen molar-refractivity contribution >= 4 is 17.7 Å². The zero-order valence-electron chi connectivity index (χ0n) is 13.9. The summed E-state index contributed by atoms with van der Waals surface area (Å²) >= 11 is 1.21. The summed E-state index contributed by atoms with van der Waals surface area (Å²) in [4.78, 5) is 12.0. The Hall–Kier alpha value is -2.94. The van der Waals surface area contributed by atoms with E-state index in [-0.39, 0.29) is 17.5 Å². The molecule has 134 valence electrons. The lowest BCUT2D eigenvalue weighted by Crippen LogP contribution is -2.24. The van der Waals surface area contributed by atoms with Crippen molar-refractivity contribution < 1.29 is 13.9 Å². The van der Waals surface area contributed by atoms with E-state index in [2.05, 4.69) is 20.8 Å². The number of halogens is 1. The van der Waals surface area contributed by atoms with Crippen LogP contribution in [0.1, 0.15) is 5.56 Å². The molecule has 3 aromatic rings. The van der Waals surface area contributed by atoms with Crippen LogP contribution in [0.4, 0.5) is 4.39 Å². The van der Waals surface area contributed by atoms with Crippen molar-refractivity contribution in [3.05, 3.63) is 59.9 Å². The predicted octanol–water partition coefficient (Wildman–Crippen LogP) is 2.22. The molecular weight excluding hydrogens is 357 g/mol. The number of carbonyl (C=O) groups excluding carboxylic acids is 1. The van der Waals surface area contributed by atoms with Gasteiger partial charge in [0, 0.05) is 6.54 Å². The molecule has 1 amide bonds. The molecule has 0 saturated carbocycles. The van der Waals surface area contributed by atoms with Crippen LogP contribution < -0.4 is 10.1 Å². The largest absolute Gasteiger partial charge is 0.494 e. The molecule has 0 bridgehead atoms. The van der Waals surface area contributed by atoms with Crippen LogP contribution in [0.2, 0.25) is 0 Å². The van der Waals surface area contributed by atoms with Crippen molar-refractivity contribution in [3.8, 4) is 11.4 Å². The highest BCUT2D eigenvalue weighted by atomic mass is 32.2. The summed E-state index contributed by atoms with van der Waals surface area (Å²) in [6.07, 6.45) is 0. The normalized spacial score (nSPS) is 10.5. The average Bonchev–Trinajstić information content (AvgIpc) is 3.14. The molecule has 26 heavy (non-hydrogen) atoms. The second-order valence-electron chi connectivity index (χ2n) is 5.24. The SMILES string of the molecule is COc1ccccc1-n1nnnc1SCC(=O)NCc1ccc(F)cc1. The second kappa shape index (κ2) is 8.43. The maximum absolute atomic E-state index is 12.9. The molecule has 0 radical (unpaired) electrons. The summed E-state index contributed by atoms with van der Waals surface area (Å²) in [5, 5.41) is 14.8. The maximum Gasteiger partial charge on any atom is 0.230 e. The third kappa shape index (κ3) is 4.37. The topological polar surface area (TPSA) is 81.9 Å². The molecule has 0 unspecified atom stereocenters. The van der Waals surface area contributed by atoms with Crippen LogP contribution in [0, 0.1) is 5.82 Å². The second-order valence-corrected chi connectivity index (χ2v) is 6.18. The molecule has 1 heterocycles. The van der Waals surface area contributed by atoms with E-state index >= 15 is 0 Å². The van der Waals surface area contributed by atoms with Crippen LogP contribution >= 0.6 is 11.8 Å². The van der Waals surface area contributed by atoms with Gasteiger partial charge in [-0.25, -0.2) is 4.39 Å². The first-order valence-electron chi connectivity index (χ1n) is 7.73. The average molecular weight is 373 g/mol. The number of para-hydroxylation sites is 2. The molecular formula is C17H16FN5O2S. The molecule has 7 nitrogen and oxygen atoms in total. The number of benzene rings is 2. The van der Waals surface area contributed by atoms with Crippen molar-refractivity contribution in [2.75, 3.05) is 12.9 Å². The van der Waals surface area contributed by atoms with Crippen LogP contribution in [0.3, 0.4) is 0 Å². The van der Waals surface area contributed by atoms with E-state index < -0.39 is 0 Å². The highest BCUT2D eigenvalue weighted by molar-refractivity contribution is 7.99. The fourth-order valence-corrected chi connectivity index (χ4v) is 2.92. The maximum atomic E-state index is 12.9. The zero-order chi connectivity index (χ0) is 18.4. The number of thioether (sulfide) groups is 1. The van der Waals surface area contributed by atoms with Gasteiger partial charge in [-0.3, -0.25) is 4.79 Å². The zero-order valence-corrected chi connectivity index (χ0v) is 14.7. The van der Waals surface area contributed by atoms with Crippen molar-refractivity contribution in [2.45, 2.75) is 11.7 Å². The van der Waals surface area contributed by atoms with Gasteiger partial charge >= 0.3 is 0 Å². The Morgan fingerprint density at radius 1 is 1.23 bits per heavy atom. The van der Waals surface area contributed by atoms with E-state index in [1.807, 2.05) is 18.2 Å². The highest BCUT2D eigenvalue weighted by Gasteiger charge is 2.14. The van der Waals surface area contributed by atoms with Gasteiger partial charge in [0.2, 0.25) is 11.1 Å². The monoisotopic (exact) mass is 373 g/mol. The molecule has 3 rings (SSSR count). The third-order valence-electron chi connectivity index (χ3n) is 3.49. The number of amides is 1. The van der Waals surface area contributed by atoms with Crippen molar-refractivity contribution in [3.63, 3.8) is 0 Å². The van der Waals surface area contributed by atoms with E-state index in [0.29, 0.717) is 23.1 Å². The summed E-state index contributed by atoms with van der Waals surface area (Å²) in [5.74, 6) is 0.298. The molecule has 1 N–H and O–H groups in total.